The average Bonchev–Trinajstić information content (AvgIpc) is 3.37. The Morgan fingerprint density at radius 1 is 0.310 bits per heavy atom. The van der Waals surface area contributed by atoms with E-state index in [1.54, 1.807) is 13.8 Å². The van der Waals surface area contributed by atoms with Gasteiger partial charge in [-0.2, -0.15) is 0 Å². The number of hydrogen-bond acceptors (Lipinski definition) is 31. The van der Waals surface area contributed by atoms with Gasteiger partial charge in [0.1, 0.15) is 140 Å². The van der Waals surface area contributed by atoms with Crippen LogP contribution < -0.4 is 0 Å². The Bertz CT molecular complexity index is 1460. The summed E-state index contributed by atoms with van der Waals surface area (Å²) in [6, 6.07) is 0. The lowest BCUT2D eigenvalue weighted by atomic mass is 9.94. The fourth-order valence-electron chi connectivity index (χ4n) is 8.55. The Morgan fingerprint density at radius 2 is 0.634 bits per heavy atom. The zero-order chi connectivity index (χ0) is 53.3. The van der Waals surface area contributed by atoms with Gasteiger partial charge in [-0.3, -0.25) is 0 Å². The van der Waals surface area contributed by atoms with Gasteiger partial charge in [0.15, 0.2) is 31.5 Å². The molecular formula is C40H74O31. The average molecular weight is 1050 g/mol. The lowest BCUT2D eigenvalue weighted by Gasteiger charge is -2.49. The molecule has 6 aliphatic rings. The summed E-state index contributed by atoms with van der Waals surface area (Å²) >= 11 is 0. The second-order valence-corrected chi connectivity index (χ2v) is 17.5. The zero-order valence-corrected chi connectivity index (χ0v) is 39.0. The van der Waals surface area contributed by atoms with Gasteiger partial charge in [-0.25, -0.2) is 0 Å². The van der Waals surface area contributed by atoms with Crippen LogP contribution >= 0.6 is 0 Å². The summed E-state index contributed by atoms with van der Waals surface area (Å²) in [4.78, 5) is 0. The van der Waals surface area contributed by atoms with Gasteiger partial charge in [-0.1, -0.05) is 6.92 Å². The van der Waals surface area contributed by atoms with Crippen molar-refractivity contribution in [2.24, 2.45) is 0 Å². The maximum Gasteiger partial charge on any atom is 0.187 e. The molecule has 0 aromatic heterocycles. The molecule has 0 aromatic carbocycles. The van der Waals surface area contributed by atoms with E-state index >= 15 is 0 Å². The first-order valence-corrected chi connectivity index (χ1v) is 22.7. The third-order valence-corrected chi connectivity index (χ3v) is 12.9. The molecule has 0 saturated carbocycles. The van der Waals surface area contributed by atoms with Crippen molar-refractivity contribution in [1.29, 1.82) is 0 Å². The van der Waals surface area contributed by atoms with Crippen LogP contribution in [0.1, 0.15) is 20.3 Å². The highest BCUT2D eigenvalue weighted by Crippen LogP contribution is 2.35. The Labute approximate surface area is 405 Å². The molecule has 30 atom stereocenters. The van der Waals surface area contributed by atoms with E-state index in [1.165, 1.54) is 14.2 Å². The minimum atomic E-state index is -1.90. The van der Waals surface area contributed by atoms with Crippen molar-refractivity contribution >= 4 is 0 Å². The summed E-state index contributed by atoms with van der Waals surface area (Å²) in [5, 5.41) is 196. The normalized spacial score (nSPS) is 50.5. The van der Waals surface area contributed by atoms with Gasteiger partial charge < -0.3 is 154 Å². The second-order valence-electron chi connectivity index (χ2n) is 17.5. The summed E-state index contributed by atoms with van der Waals surface area (Å²) in [6.45, 7) is 0.218. The van der Waals surface area contributed by atoms with Crippen LogP contribution in [0.2, 0.25) is 0 Å². The fraction of sp³-hybridized carbons (Fsp3) is 1.00. The second kappa shape index (κ2) is 28.2. The molecule has 0 amide bonds. The molecule has 420 valence electrons. The van der Waals surface area contributed by atoms with Crippen LogP contribution in [-0.4, -0.2) is 333 Å². The molecule has 6 heterocycles. The van der Waals surface area contributed by atoms with Crippen LogP contribution in [0.5, 0.6) is 0 Å². The van der Waals surface area contributed by atoms with Crippen LogP contribution in [0.3, 0.4) is 0 Å². The predicted molar refractivity (Wildman–Crippen MR) is 222 cm³/mol. The topological polar surface area (TPSA) is 506 Å². The van der Waals surface area contributed by atoms with Crippen molar-refractivity contribution in [3.8, 4) is 0 Å². The third-order valence-electron chi connectivity index (χ3n) is 12.9. The van der Waals surface area contributed by atoms with E-state index in [9.17, 15) is 71.5 Å². The Morgan fingerprint density at radius 3 is 1.01 bits per heavy atom. The molecule has 31 nitrogen and oxygen atoms in total. The maximum absolute atomic E-state index is 11.1. The van der Waals surface area contributed by atoms with E-state index in [1.807, 2.05) is 0 Å². The molecule has 0 radical (unpaired) electrons. The largest absolute Gasteiger partial charge is 0.394 e. The third kappa shape index (κ3) is 14.2. The Balaban J connectivity index is 0.000000369. The number of aliphatic hydroxyl groups is 20. The summed E-state index contributed by atoms with van der Waals surface area (Å²) < 4.78 is 59.1. The lowest BCUT2D eigenvalue weighted by Crippen LogP contribution is -2.67. The summed E-state index contributed by atoms with van der Waals surface area (Å²) in [7, 11) is 2.46. The van der Waals surface area contributed by atoms with Crippen molar-refractivity contribution in [1.82, 2.24) is 0 Å². The molecule has 0 aromatic rings. The van der Waals surface area contributed by atoms with Gasteiger partial charge in [0.2, 0.25) is 0 Å². The fourth-order valence-corrected chi connectivity index (χ4v) is 8.55. The van der Waals surface area contributed by atoms with Gasteiger partial charge in [-0.15, -0.1) is 0 Å². The molecule has 20 N–H and O–H groups in total. The van der Waals surface area contributed by atoms with Gasteiger partial charge in [-0.05, 0) is 13.3 Å². The Kier molecular flexibility index (Phi) is 24.8. The Hall–Kier alpha value is -1.24. The van der Waals surface area contributed by atoms with Crippen LogP contribution in [-0.2, 0) is 52.1 Å². The van der Waals surface area contributed by atoms with E-state index in [-0.39, 0.29) is 13.0 Å². The minimum Gasteiger partial charge on any atom is -0.394 e. The van der Waals surface area contributed by atoms with Crippen LogP contribution in [0, 0.1) is 0 Å². The van der Waals surface area contributed by atoms with E-state index in [2.05, 4.69) is 4.74 Å². The molecule has 0 bridgehead atoms. The van der Waals surface area contributed by atoms with Crippen LogP contribution in [0.15, 0.2) is 0 Å². The van der Waals surface area contributed by atoms with Gasteiger partial charge >= 0.3 is 0 Å². The standard InChI is InChI=1S/C27H48O20.C7H14O5.C6H12O6/c1-4-8-21(14(33)18(37)25(41-8)46-22-10(6-29)42-24(40-3)16(35)13(22)32)45-27-19(38)15(34)23(11(7-30)44-27)47-26-17(36)12(31)20(39-2)9(5-28)43-26;1-3-5(9)7(11)6(10)4(2-8)12-3;7-1-2-3(8)4(9)5(10)6(11)12-2/h8-38H,4-7H2,1-3H3;3-11H,2H2,1H3;2-11H,1H2/t8?,9?,10-,11-,12+,13?,14+,15?,16?,17?,18?,19?,20+,21+,22+,23+,24+,25-,26-,27-;3-,4?,5?,6+,7-;2?,3-,4-,5?,6-/m010/s1. The SMILES string of the molecule is CCC1O[C@@H](O[C@H]2C(O)C(O)[C@H](OC)O[C@H]2CO)C(O)[C@@H](O)[C@@H]1O[C@@H]1O[C@@H](CO)[C@@H](O[C@@H]2OC(CO)[C@@H](OC)[C@H](O)C2O)C(O)C1O.C[C@H]1OC(CO)[C@H](O)[C@H](O)C1O.OCC1O[C@H](O)C(O)[C@@H](O)[C@H]1O. The van der Waals surface area contributed by atoms with Gasteiger partial charge in [0, 0.05) is 14.2 Å². The minimum absolute atomic E-state index is 0.129. The molecule has 0 spiro atoms. The molecule has 6 saturated heterocycles. The number of methoxy groups -OCH3 is 2. The molecule has 6 fully saturated rings. The van der Waals surface area contributed by atoms with E-state index in [0.29, 0.717) is 0 Å². The summed E-state index contributed by atoms with van der Waals surface area (Å²) in [5.41, 5.74) is 0. The predicted octanol–water partition coefficient (Wildman–Crippen LogP) is -12.4. The number of ether oxygens (including phenoxy) is 11. The van der Waals surface area contributed by atoms with E-state index in [0.717, 1.165) is 0 Å². The highest BCUT2D eigenvalue weighted by Gasteiger charge is 2.55. The summed E-state index contributed by atoms with van der Waals surface area (Å²) in [6.07, 6.45) is -42.4. The number of rotatable bonds is 14. The highest BCUT2D eigenvalue weighted by atomic mass is 16.8. The van der Waals surface area contributed by atoms with Crippen molar-refractivity contribution < 1.29 is 154 Å². The monoisotopic (exact) mass is 1050 g/mol. The van der Waals surface area contributed by atoms with Gasteiger partial charge in [0.05, 0.1) is 45.2 Å². The first-order chi connectivity index (χ1) is 33.5. The number of hydrogen-bond donors (Lipinski definition) is 20. The highest BCUT2D eigenvalue weighted by molar-refractivity contribution is 4.98. The van der Waals surface area contributed by atoms with E-state index in [4.69, 9.17) is 78.0 Å². The lowest BCUT2D eigenvalue weighted by molar-refractivity contribution is -0.387. The van der Waals surface area contributed by atoms with Crippen LogP contribution in [0.25, 0.3) is 0 Å². The van der Waals surface area contributed by atoms with Crippen molar-refractivity contribution in [3.05, 3.63) is 0 Å². The van der Waals surface area contributed by atoms with Gasteiger partial charge in [0.25, 0.3) is 0 Å². The van der Waals surface area contributed by atoms with Crippen molar-refractivity contribution in [2.75, 3.05) is 47.3 Å². The molecule has 71 heavy (non-hydrogen) atoms. The van der Waals surface area contributed by atoms with Crippen molar-refractivity contribution in [2.45, 2.75) is 204 Å². The molecule has 12 unspecified atom stereocenters. The van der Waals surface area contributed by atoms with Crippen LogP contribution in [0.4, 0.5) is 0 Å². The van der Waals surface area contributed by atoms with E-state index < -0.39 is 210 Å². The number of aliphatic hydroxyl groups excluding tert-OH is 20. The molecule has 0 aliphatic carbocycles. The first kappa shape index (κ1) is 62.3. The summed E-state index contributed by atoms with van der Waals surface area (Å²) in [5.74, 6) is 0. The molecular weight excluding hydrogens is 976 g/mol. The van der Waals surface area contributed by atoms with Crippen molar-refractivity contribution in [3.63, 3.8) is 0 Å². The first-order valence-electron chi connectivity index (χ1n) is 22.7. The maximum atomic E-state index is 11.1. The molecule has 31 heteroatoms. The quantitative estimate of drug-likeness (QED) is 0.0768. The molecule has 6 aliphatic heterocycles. The molecule has 6 rings (SSSR count). The zero-order valence-electron chi connectivity index (χ0n) is 39.0. The smallest absolute Gasteiger partial charge is 0.187 e.